The Morgan fingerprint density at radius 1 is 0.857 bits per heavy atom. The van der Waals surface area contributed by atoms with E-state index in [-0.39, 0.29) is 11.5 Å². The minimum atomic E-state index is -3.65. The number of likely N-dealkylation sites (N-methyl/N-ethyl adjacent to an activating group) is 1. The Labute approximate surface area is 208 Å². The van der Waals surface area contributed by atoms with Crippen molar-refractivity contribution in [3.05, 3.63) is 36.4 Å². The minimum absolute atomic E-state index is 0.276. The molecule has 5 atom stereocenters. The predicted molar refractivity (Wildman–Crippen MR) is 137 cm³/mol. The number of benzene rings is 2. The van der Waals surface area contributed by atoms with Crippen molar-refractivity contribution in [1.82, 2.24) is 9.62 Å². The molecule has 10 heteroatoms. The molecule has 0 saturated heterocycles. The zero-order valence-corrected chi connectivity index (χ0v) is 21.5. The number of nitrogens with one attached hydrogen (secondary N) is 1. The fourth-order valence-electron chi connectivity index (χ4n) is 5.08. The van der Waals surface area contributed by atoms with Gasteiger partial charge in [0.05, 0.1) is 23.7 Å². The van der Waals surface area contributed by atoms with Crippen LogP contribution >= 0.6 is 0 Å². The predicted octanol–water partition coefficient (Wildman–Crippen LogP) is 0.750. The van der Waals surface area contributed by atoms with E-state index >= 15 is 0 Å². The Balaban J connectivity index is 1.47. The maximum absolute atomic E-state index is 13.0. The summed E-state index contributed by atoms with van der Waals surface area (Å²) in [5.41, 5.74) is 0.962. The van der Waals surface area contributed by atoms with Gasteiger partial charge in [0.15, 0.2) is 0 Å². The van der Waals surface area contributed by atoms with Crippen molar-refractivity contribution >= 4 is 26.5 Å². The van der Waals surface area contributed by atoms with Crippen molar-refractivity contribution in [1.29, 1.82) is 0 Å². The third-order valence-electron chi connectivity index (χ3n) is 7.01. The van der Waals surface area contributed by atoms with E-state index in [1.54, 1.807) is 19.2 Å². The molecule has 1 fully saturated rings. The van der Waals surface area contributed by atoms with Crippen molar-refractivity contribution in [2.45, 2.75) is 54.9 Å². The van der Waals surface area contributed by atoms with E-state index in [9.17, 15) is 28.8 Å². The number of rotatable bonds is 12. The van der Waals surface area contributed by atoms with E-state index in [0.717, 1.165) is 30.3 Å². The van der Waals surface area contributed by atoms with Gasteiger partial charge in [-0.15, -0.1) is 0 Å². The number of aliphatic hydroxyl groups excluding tert-OH is 4. The summed E-state index contributed by atoms with van der Waals surface area (Å²) in [6.07, 6.45) is -0.310. The van der Waals surface area contributed by atoms with Gasteiger partial charge in [0.1, 0.15) is 6.10 Å². The first-order chi connectivity index (χ1) is 16.6. The van der Waals surface area contributed by atoms with Crippen LogP contribution in [0, 0.1) is 5.92 Å². The van der Waals surface area contributed by atoms with Crippen LogP contribution in [0.1, 0.15) is 25.7 Å². The number of nitrogens with zero attached hydrogens (tertiary/aromatic N) is 2. The average molecular weight is 510 g/mol. The molecule has 0 heterocycles. The lowest BCUT2D eigenvalue weighted by Gasteiger charge is -2.31. The van der Waals surface area contributed by atoms with Gasteiger partial charge in [-0.3, -0.25) is 0 Å². The Hall–Kier alpha value is -1.79. The molecule has 1 aliphatic carbocycles. The highest BCUT2D eigenvalue weighted by atomic mass is 32.2. The van der Waals surface area contributed by atoms with Gasteiger partial charge in [0.2, 0.25) is 10.0 Å². The first-order valence-electron chi connectivity index (χ1n) is 12.1. The summed E-state index contributed by atoms with van der Waals surface area (Å²) in [5, 5.41) is 41.3. The minimum Gasteiger partial charge on any atom is -0.396 e. The second-order valence-electron chi connectivity index (χ2n) is 9.62. The summed E-state index contributed by atoms with van der Waals surface area (Å²) >= 11 is 0. The third-order valence-corrected chi connectivity index (χ3v) is 8.53. The summed E-state index contributed by atoms with van der Waals surface area (Å²) in [5.74, 6) is -0.595. The topological polar surface area (TPSA) is 134 Å². The molecule has 0 aliphatic heterocycles. The SMILES string of the molecule is CN(C)c1cccc2c(S(=O)(=O)NCCCCCCN(C)[C@H]3[C@H](O)[C@@H](O)[C@@H](O)[C@H]3CO)cccc12. The smallest absolute Gasteiger partial charge is 0.241 e. The van der Waals surface area contributed by atoms with E-state index in [4.69, 9.17) is 0 Å². The molecule has 196 valence electrons. The molecule has 2 aromatic rings. The molecule has 0 aromatic heterocycles. The van der Waals surface area contributed by atoms with Crippen LogP contribution in [0.4, 0.5) is 5.69 Å². The molecular weight excluding hydrogens is 470 g/mol. The molecule has 0 bridgehead atoms. The van der Waals surface area contributed by atoms with Crippen LogP contribution in [0.3, 0.4) is 0 Å². The number of aliphatic hydroxyl groups is 4. The van der Waals surface area contributed by atoms with Gasteiger partial charge in [0.25, 0.3) is 0 Å². The molecule has 3 rings (SSSR count). The first kappa shape index (κ1) is 27.8. The summed E-state index contributed by atoms with van der Waals surface area (Å²) in [4.78, 5) is 4.11. The Bertz CT molecular complexity index is 1080. The Morgan fingerprint density at radius 2 is 1.51 bits per heavy atom. The zero-order chi connectivity index (χ0) is 25.8. The number of hydrogen-bond donors (Lipinski definition) is 5. The summed E-state index contributed by atoms with van der Waals surface area (Å²) in [7, 11) is 2.02. The van der Waals surface area contributed by atoms with Gasteiger partial charge >= 0.3 is 0 Å². The second kappa shape index (κ2) is 12.0. The van der Waals surface area contributed by atoms with Crippen LogP contribution in [-0.2, 0) is 10.0 Å². The highest BCUT2D eigenvalue weighted by Crippen LogP contribution is 2.31. The largest absolute Gasteiger partial charge is 0.396 e. The average Bonchev–Trinajstić information content (AvgIpc) is 3.05. The fourth-order valence-corrected chi connectivity index (χ4v) is 6.37. The van der Waals surface area contributed by atoms with Gasteiger partial charge in [-0.05, 0) is 38.6 Å². The fraction of sp³-hybridized carbons (Fsp3) is 0.600. The van der Waals surface area contributed by atoms with Crippen LogP contribution in [0.2, 0.25) is 0 Å². The second-order valence-corrected chi connectivity index (χ2v) is 11.4. The van der Waals surface area contributed by atoms with E-state index in [1.165, 1.54) is 0 Å². The van der Waals surface area contributed by atoms with Gasteiger partial charge in [0, 0.05) is 49.1 Å². The Morgan fingerprint density at radius 3 is 2.20 bits per heavy atom. The van der Waals surface area contributed by atoms with Crippen LogP contribution in [0.5, 0.6) is 0 Å². The monoisotopic (exact) mass is 509 g/mol. The third kappa shape index (κ3) is 6.14. The maximum Gasteiger partial charge on any atom is 0.241 e. The van der Waals surface area contributed by atoms with E-state index < -0.39 is 40.3 Å². The lowest BCUT2D eigenvalue weighted by Crippen LogP contribution is -2.45. The van der Waals surface area contributed by atoms with E-state index in [0.29, 0.717) is 24.9 Å². The molecular formula is C25H39N3O6S. The van der Waals surface area contributed by atoms with Crippen molar-refractivity contribution in [2.24, 2.45) is 5.92 Å². The summed E-state index contributed by atoms with van der Waals surface area (Å²) in [6.45, 7) is 0.666. The highest BCUT2D eigenvalue weighted by molar-refractivity contribution is 7.89. The molecule has 0 unspecified atom stereocenters. The molecule has 0 radical (unpaired) electrons. The van der Waals surface area contributed by atoms with Gasteiger partial charge in [-0.2, -0.15) is 0 Å². The maximum atomic E-state index is 13.0. The summed E-state index contributed by atoms with van der Waals surface area (Å²) in [6, 6.07) is 10.5. The highest BCUT2D eigenvalue weighted by Gasteiger charge is 2.49. The molecule has 0 spiro atoms. The number of hydrogen-bond acceptors (Lipinski definition) is 8. The normalized spacial score (nSPS) is 25.0. The van der Waals surface area contributed by atoms with Gasteiger partial charge in [-0.1, -0.05) is 37.1 Å². The molecule has 1 aliphatic rings. The molecule has 35 heavy (non-hydrogen) atoms. The zero-order valence-electron chi connectivity index (χ0n) is 20.7. The number of fused-ring (bicyclic) bond motifs is 1. The Kier molecular flexibility index (Phi) is 9.50. The van der Waals surface area contributed by atoms with Crippen LogP contribution in [-0.4, -0.2) is 98.9 Å². The van der Waals surface area contributed by atoms with Crippen LogP contribution < -0.4 is 9.62 Å². The number of unbranched alkanes of at least 4 members (excludes halogenated alkanes) is 3. The molecule has 0 amide bonds. The van der Waals surface area contributed by atoms with Crippen molar-refractivity contribution in [3.63, 3.8) is 0 Å². The lowest BCUT2D eigenvalue weighted by atomic mass is 10.0. The van der Waals surface area contributed by atoms with Crippen molar-refractivity contribution < 1.29 is 28.8 Å². The molecule has 9 nitrogen and oxygen atoms in total. The molecule has 1 saturated carbocycles. The molecule has 5 N–H and O–H groups in total. The van der Waals surface area contributed by atoms with Gasteiger partial charge in [-0.25, -0.2) is 13.1 Å². The quantitative estimate of drug-likeness (QED) is 0.265. The van der Waals surface area contributed by atoms with Crippen molar-refractivity contribution in [2.75, 3.05) is 45.7 Å². The van der Waals surface area contributed by atoms with Crippen molar-refractivity contribution in [3.8, 4) is 0 Å². The standard InChI is InChI=1S/C25H39N3O6S/c1-27(2)20-12-8-11-18-17(20)10-9-13-21(18)35(33,34)26-14-6-4-5-7-15-28(3)22-19(16-29)23(30)25(32)24(22)31/h8-13,19,22-26,29-32H,4-7,14-16H2,1-3H3/t19-,22+,23-,24-,25-/m0/s1. The van der Waals surface area contributed by atoms with E-state index in [1.807, 2.05) is 48.2 Å². The van der Waals surface area contributed by atoms with Crippen LogP contribution in [0.25, 0.3) is 10.8 Å². The number of anilines is 1. The summed E-state index contributed by atoms with van der Waals surface area (Å²) < 4.78 is 28.7. The van der Waals surface area contributed by atoms with E-state index in [2.05, 4.69) is 4.72 Å². The van der Waals surface area contributed by atoms with Crippen LogP contribution in [0.15, 0.2) is 41.3 Å². The van der Waals surface area contributed by atoms with Gasteiger partial charge < -0.3 is 30.2 Å². The first-order valence-corrected chi connectivity index (χ1v) is 13.6. The number of sulfonamides is 1. The molecule has 2 aromatic carbocycles. The lowest BCUT2D eigenvalue weighted by molar-refractivity contribution is -0.0339.